The summed E-state index contributed by atoms with van der Waals surface area (Å²) in [7, 11) is 0. The number of aliphatic imine (C=N–C) groups is 1. The van der Waals surface area contributed by atoms with E-state index in [2.05, 4.69) is 4.99 Å². The summed E-state index contributed by atoms with van der Waals surface area (Å²) in [6, 6.07) is 25.2. The number of para-hydroxylation sites is 1. The summed E-state index contributed by atoms with van der Waals surface area (Å²) >= 11 is 0. The molecule has 1 aliphatic rings. The van der Waals surface area contributed by atoms with E-state index in [4.69, 9.17) is 9.47 Å². The van der Waals surface area contributed by atoms with Gasteiger partial charge in [0.1, 0.15) is 12.4 Å². The third-order valence-corrected chi connectivity index (χ3v) is 4.44. The number of carbonyl (C=O) groups excluding carboxylic acids is 1. The summed E-state index contributed by atoms with van der Waals surface area (Å²) < 4.78 is 11.3. The Morgan fingerprint density at radius 3 is 2.46 bits per heavy atom. The van der Waals surface area contributed by atoms with Crippen LogP contribution in [-0.4, -0.2) is 11.9 Å². The van der Waals surface area contributed by atoms with Crippen LogP contribution in [0, 0.1) is 6.92 Å². The van der Waals surface area contributed by atoms with Gasteiger partial charge in [0.2, 0.25) is 5.90 Å². The molecule has 0 bridgehead atoms. The van der Waals surface area contributed by atoms with Gasteiger partial charge in [-0.3, -0.25) is 0 Å². The lowest BCUT2D eigenvalue weighted by atomic mass is 10.1. The fraction of sp³-hybridized carbons (Fsp3) is 0.0833. The number of carbonyl (C=O) groups is 1. The second kappa shape index (κ2) is 7.92. The van der Waals surface area contributed by atoms with Crippen LogP contribution < -0.4 is 4.74 Å². The SMILES string of the molecule is Cc1ccccc1C1=N/C(=C\c2ccccc2OCc2ccccc2)C(=O)O1. The lowest BCUT2D eigenvalue weighted by Gasteiger charge is -2.09. The minimum atomic E-state index is -0.462. The zero-order chi connectivity index (χ0) is 19.3. The molecule has 0 spiro atoms. The molecule has 1 heterocycles. The Kier molecular flexibility index (Phi) is 5.02. The second-order valence-corrected chi connectivity index (χ2v) is 6.46. The average Bonchev–Trinajstić information content (AvgIpc) is 3.08. The maximum absolute atomic E-state index is 12.3. The van der Waals surface area contributed by atoms with Crippen LogP contribution in [0.5, 0.6) is 5.75 Å². The molecule has 0 aromatic heterocycles. The van der Waals surface area contributed by atoms with Gasteiger partial charge in [0.05, 0.1) is 0 Å². The summed E-state index contributed by atoms with van der Waals surface area (Å²) in [4.78, 5) is 16.7. The Hall–Kier alpha value is -3.66. The highest BCUT2D eigenvalue weighted by molar-refractivity contribution is 6.13. The summed E-state index contributed by atoms with van der Waals surface area (Å²) in [5.74, 6) is 0.555. The van der Waals surface area contributed by atoms with Gasteiger partial charge in [0, 0.05) is 11.1 Å². The van der Waals surface area contributed by atoms with Crippen LogP contribution in [0.25, 0.3) is 6.08 Å². The normalized spacial score (nSPS) is 14.7. The molecule has 3 aromatic rings. The first-order valence-corrected chi connectivity index (χ1v) is 9.05. The van der Waals surface area contributed by atoms with Gasteiger partial charge in [-0.15, -0.1) is 0 Å². The number of benzene rings is 3. The van der Waals surface area contributed by atoms with Gasteiger partial charge in [-0.25, -0.2) is 9.79 Å². The Morgan fingerprint density at radius 2 is 1.64 bits per heavy atom. The van der Waals surface area contributed by atoms with E-state index in [1.807, 2.05) is 85.8 Å². The molecular formula is C24H19NO3. The predicted molar refractivity (Wildman–Crippen MR) is 109 cm³/mol. The highest BCUT2D eigenvalue weighted by Crippen LogP contribution is 2.26. The van der Waals surface area contributed by atoms with Gasteiger partial charge < -0.3 is 9.47 Å². The Labute approximate surface area is 163 Å². The van der Waals surface area contributed by atoms with Crippen LogP contribution >= 0.6 is 0 Å². The quantitative estimate of drug-likeness (QED) is 0.474. The molecule has 28 heavy (non-hydrogen) atoms. The number of ether oxygens (including phenoxy) is 2. The number of cyclic esters (lactones) is 1. The predicted octanol–water partition coefficient (Wildman–Crippen LogP) is 4.92. The molecule has 0 amide bonds. The van der Waals surface area contributed by atoms with E-state index in [0.29, 0.717) is 18.3 Å². The van der Waals surface area contributed by atoms with Gasteiger partial charge in [-0.2, -0.15) is 0 Å². The number of aryl methyl sites for hydroxylation is 1. The molecule has 138 valence electrons. The zero-order valence-electron chi connectivity index (χ0n) is 15.5. The van der Waals surface area contributed by atoms with Crippen LogP contribution in [0.15, 0.2) is 89.6 Å². The molecule has 0 fully saturated rings. The number of rotatable bonds is 5. The fourth-order valence-electron chi connectivity index (χ4n) is 2.95. The lowest BCUT2D eigenvalue weighted by Crippen LogP contribution is -2.06. The summed E-state index contributed by atoms with van der Waals surface area (Å²) in [6.45, 7) is 2.41. The molecule has 0 saturated carbocycles. The van der Waals surface area contributed by atoms with Gasteiger partial charge in [0.15, 0.2) is 5.70 Å². The Morgan fingerprint density at radius 1 is 0.929 bits per heavy atom. The van der Waals surface area contributed by atoms with Crippen molar-refractivity contribution >= 4 is 17.9 Å². The summed E-state index contributed by atoms with van der Waals surface area (Å²) in [6.07, 6.45) is 1.70. The molecule has 0 saturated heterocycles. The lowest BCUT2D eigenvalue weighted by molar-refractivity contribution is -0.129. The van der Waals surface area contributed by atoms with Crippen molar-refractivity contribution in [3.63, 3.8) is 0 Å². The Balaban J connectivity index is 1.60. The molecule has 0 radical (unpaired) electrons. The molecule has 4 nitrogen and oxygen atoms in total. The van der Waals surface area contributed by atoms with Gasteiger partial charge in [-0.1, -0.05) is 66.7 Å². The first kappa shape index (κ1) is 17.7. The van der Waals surface area contributed by atoms with Crippen molar-refractivity contribution in [3.8, 4) is 5.75 Å². The molecule has 4 heteroatoms. The van der Waals surface area contributed by atoms with Crippen molar-refractivity contribution in [2.45, 2.75) is 13.5 Å². The van der Waals surface area contributed by atoms with Crippen LogP contribution in [-0.2, 0) is 16.1 Å². The van der Waals surface area contributed by atoms with Crippen LogP contribution in [0.2, 0.25) is 0 Å². The van der Waals surface area contributed by atoms with Crippen molar-refractivity contribution in [1.29, 1.82) is 0 Å². The topological polar surface area (TPSA) is 47.9 Å². The van der Waals surface area contributed by atoms with E-state index in [1.54, 1.807) is 6.08 Å². The molecule has 0 atom stereocenters. The third kappa shape index (κ3) is 3.86. The zero-order valence-corrected chi connectivity index (χ0v) is 15.5. The first-order valence-electron chi connectivity index (χ1n) is 9.05. The van der Waals surface area contributed by atoms with E-state index in [9.17, 15) is 4.79 Å². The van der Waals surface area contributed by atoms with E-state index < -0.39 is 5.97 Å². The molecule has 0 aliphatic carbocycles. The highest BCUT2D eigenvalue weighted by atomic mass is 16.6. The monoisotopic (exact) mass is 369 g/mol. The molecule has 0 N–H and O–H groups in total. The van der Waals surface area contributed by atoms with Crippen LogP contribution in [0.4, 0.5) is 0 Å². The molecule has 3 aromatic carbocycles. The van der Waals surface area contributed by atoms with E-state index >= 15 is 0 Å². The van der Waals surface area contributed by atoms with Gasteiger partial charge in [0.25, 0.3) is 0 Å². The van der Waals surface area contributed by atoms with Gasteiger partial charge in [-0.05, 0) is 36.3 Å². The van der Waals surface area contributed by atoms with Crippen molar-refractivity contribution in [2.75, 3.05) is 0 Å². The van der Waals surface area contributed by atoms with E-state index in [-0.39, 0.29) is 5.70 Å². The number of esters is 1. The van der Waals surface area contributed by atoms with Gasteiger partial charge >= 0.3 is 5.97 Å². The van der Waals surface area contributed by atoms with Crippen LogP contribution in [0.3, 0.4) is 0 Å². The van der Waals surface area contributed by atoms with E-state index in [0.717, 1.165) is 22.3 Å². The Bertz CT molecular complexity index is 1070. The summed E-state index contributed by atoms with van der Waals surface area (Å²) in [5, 5.41) is 0. The molecular weight excluding hydrogens is 350 g/mol. The average molecular weight is 369 g/mol. The number of nitrogens with zero attached hydrogens (tertiary/aromatic N) is 1. The fourth-order valence-corrected chi connectivity index (χ4v) is 2.95. The summed E-state index contributed by atoms with van der Waals surface area (Å²) in [5.41, 5.74) is 3.93. The molecule has 0 unspecified atom stereocenters. The van der Waals surface area contributed by atoms with Crippen molar-refractivity contribution in [3.05, 3.63) is 107 Å². The van der Waals surface area contributed by atoms with E-state index in [1.165, 1.54) is 0 Å². The smallest absolute Gasteiger partial charge is 0.363 e. The second-order valence-electron chi connectivity index (χ2n) is 6.46. The third-order valence-electron chi connectivity index (χ3n) is 4.44. The maximum Gasteiger partial charge on any atom is 0.363 e. The van der Waals surface area contributed by atoms with Crippen molar-refractivity contribution < 1.29 is 14.3 Å². The minimum absolute atomic E-state index is 0.258. The number of hydrogen-bond donors (Lipinski definition) is 0. The molecule has 1 aliphatic heterocycles. The standard InChI is InChI=1S/C24H19NO3/c1-17-9-5-7-13-20(17)23-25-21(24(26)28-23)15-19-12-6-8-14-22(19)27-16-18-10-3-2-4-11-18/h2-15H,16H2,1H3/b21-15-. The first-order chi connectivity index (χ1) is 13.7. The number of hydrogen-bond acceptors (Lipinski definition) is 4. The van der Waals surface area contributed by atoms with Crippen molar-refractivity contribution in [1.82, 2.24) is 0 Å². The largest absolute Gasteiger partial charge is 0.488 e. The maximum atomic E-state index is 12.3. The molecule has 4 rings (SSSR count). The van der Waals surface area contributed by atoms with Crippen LogP contribution in [0.1, 0.15) is 22.3 Å². The minimum Gasteiger partial charge on any atom is -0.488 e. The highest BCUT2D eigenvalue weighted by Gasteiger charge is 2.25. The van der Waals surface area contributed by atoms with Crippen molar-refractivity contribution in [2.24, 2.45) is 4.99 Å².